The molecule has 102 valence electrons. The molecule has 0 bridgehead atoms. The predicted octanol–water partition coefficient (Wildman–Crippen LogP) is 4.09. The SMILES string of the molecule is Nc1cc(Br)ccc1SCCCOCC(F)(F)F. The fourth-order valence-electron chi connectivity index (χ4n) is 1.18. The first-order valence-electron chi connectivity index (χ1n) is 5.21. The van der Waals surface area contributed by atoms with E-state index in [9.17, 15) is 13.2 Å². The zero-order chi connectivity index (χ0) is 13.6. The summed E-state index contributed by atoms with van der Waals surface area (Å²) in [6.45, 7) is -1.08. The number of ether oxygens (including phenoxy) is 1. The van der Waals surface area contributed by atoms with Gasteiger partial charge in [0.05, 0.1) is 0 Å². The summed E-state index contributed by atoms with van der Waals surface area (Å²) < 4.78 is 40.7. The second-order valence-corrected chi connectivity index (χ2v) is 5.60. The molecular weight excluding hydrogens is 331 g/mol. The number of thioether (sulfide) groups is 1. The molecule has 1 rings (SSSR count). The number of hydrogen-bond acceptors (Lipinski definition) is 3. The minimum absolute atomic E-state index is 0.100. The number of rotatable bonds is 6. The van der Waals surface area contributed by atoms with Gasteiger partial charge in [-0.2, -0.15) is 13.2 Å². The van der Waals surface area contributed by atoms with Crippen molar-refractivity contribution in [2.24, 2.45) is 0 Å². The number of anilines is 1. The third-order valence-electron chi connectivity index (χ3n) is 1.93. The van der Waals surface area contributed by atoms with Crippen LogP contribution in [-0.2, 0) is 4.74 Å². The monoisotopic (exact) mass is 343 g/mol. The smallest absolute Gasteiger partial charge is 0.398 e. The van der Waals surface area contributed by atoms with Gasteiger partial charge in [0, 0.05) is 27.4 Å². The number of halogens is 4. The van der Waals surface area contributed by atoms with Crippen LogP contribution in [0.3, 0.4) is 0 Å². The molecule has 0 fully saturated rings. The van der Waals surface area contributed by atoms with Crippen molar-refractivity contribution in [3.05, 3.63) is 22.7 Å². The fraction of sp³-hybridized carbons (Fsp3) is 0.455. The number of alkyl halides is 3. The van der Waals surface area contributed by atoms with Gasteiger partial charge in [0.2, 0.25) is 0 Å². The third-order valence-corrected chi connectivity index (χ3v) is 3.60. The van der Waals surface area contributed by atoms with Crippen LogP contribution in [-0.4, -0.2) is 25.1 Å². The summed E-state index contributed by atoms with van der Waals surface area (Å²) in [6, 6.07) is 5.54. The molecule has 0 radical (unpaired) electrons. The minimum Gasteiger partial charge on any atom is -0.398 e. The van der Waals surface area contributed by atoms with Gasteiger partial charge in [-0.25, -0.2) is 0 Å². The van der Waals surface area contributed by atoms with Crippen molar-refractivity contribution in [3.8, 4) is 0 Å². The Kier molecular flexibility index (Phi) is 6.31. The second-order valence-electron chi connectivity index (χ2n) is 3.55. The molecule has 2 N–H and O–H groups in total. The summed E-state index contributed by atoms with van der Waals surface area (Å²) in [6.07, 6.45) is -3.69. The Labute approximate surface area is 116 Å². The Hall–Kier alpha value is -0.400. The number of hydrogen-bond donors (Lipinski definition) is 1. The van der Waals surface area contributed by atoms with E-state index in [1.807, 2.05) is 12.1 Å². The van der Waals surface area contributed by atoms with Gasteiger partial charge in [-0.3, -0.25) is 0 Å². The molecule has 1 aromatic rings. The first kappa shape index (κ1) is 15.7. The van der Waals surface area contributed by atoms with Crippen LogP contribution in [0.15, 0.2) is 27.6 Å². The van der Waals surface area contributed by atoms with Crippen molar-refractivity contribution < 1.29 is 17.9 Å². The molecule has 0 aliphatic heterocycles. The van der Waals surface area contributed by atoms with Crippen molar-refractivity contribution in [2.75, 3.05) is 24.7 Å². The van der Waals surface area contributed by atoms with Crippen LogP contribution in [0.1, 0.15) is 6.42 Å². The van der Waals surface area contributed by atoms with E-state index in [4.69, 9.17) is 5.73 Å². The lowest BCUT2D eigenvalue weighted by Crippen LogP contribution is -2.17. The van der Waals surface area contributed by atoms with Crippen molar-refractivity contribution in [3.63, 3.8) is 0 Å². The Morgan fingerprint density at radius 2 is 2.06 bits per heavy atom. The molecule has 7 heteroatoms. The highest BCUT2D eigenvalue weighted by atomic mass is 79.9. The Bertz CT molecular complexity index is 387. The maximum absolute atomic E-state index is 11.8. The van der Waals surface area contributed by atoms with E-state index >= 15 is 0 Å². The van der Waals surface area contributed by atoms with E-state index < -0.39 is 12.8 Å². The number of nitrogens with two attached hydrogens (primary N) is 1. The molecule has 18 heavy (non-hydrogen) atoms. The van der Waals surface area contributed by atoms with E-state index in [2.05, 4.69) is 20.7 Å². The first-order chi connectivity index (χ1) is 8.38. The number of benzene rings is 1. The molecule has 0 spiro atoms. The molecule has 0 saturated heterocycles. The molecule has 1 aromatic carbocycles. The van der Waals surface area contributed by atoms with Crippen LogP contribution in [0.25, 0.3) is 0 Å². The molecule has 0 amide bonds. The van der Waals surface area contributed by atoms with Crippen LogP contribution in [0.5, 0.6) is 0 Å². The van der Waals surface area contributed by atoms with Crippen LogP contribution in [0, 0.1) is 0 Å². The van der Waals surface area contributed by atoms with Gasteiger partial charge in [0.25, 0.3) is 0 Å². The second kappa shape index (κ2) is 7.25. The minimum atomic E-state index is -4.25. The normalized spacial score (nSPS) is 11.8. The summed E-state index contributed by atoms with van der Waals surface area (Å²) in [5, 5.41) is 0. The summed E-state index contributed by atoms with van der Waals surface area (Å²) in [5.74, 6) is 0.670. The molecule has 0 atom stereocenters. The standard InChI is InChI=1S/C11H13BrF3NOS/c12-8-2-3-10(9(16)6-8)18-5-1-4-17-7-11(13,14)15/h2-3,6H,1,4-5,7,16H2. The highest BCUT2D eigenvalue weighted by Crippen LogP contribution is 2.28. The molecule has 0 aromatic heterocycles. The lowest BCUT2D eigenvalue weighted by atomic mass is 10.3. The van der Waals surface area contributed by atoms with Gasteiger partial charge in [0.15, 0.2) is 0 Å². The van der Waals surface area contributed by atoms with Crippen molar-refractivity contribution in [1.82, 2.24) is 0 Å². The van der Waals surface area contributed by atoms with Crippen LogP contribution < -0.4 is 5.73 Å². The van der Waals surface area contributed by atoms with Gasteiger partial charge in [-0.1, -0.05) is 15.9 Å². The van der Waals surface area contributed by atoms with Crippen LogP contribution in [0.2, 0.25) is 0 Å². The van der Waals surface area contributed by atoms with Gasteiger partial charge < -0.3 is 10.5 Å². The molecule has 0 saturated carbocycles. The maximum atomic E-state index is 11.8. The fourth-order valence-corrected chi connectivity index (χ4v) is 2.43. The van der Waals surface area contributed by atoms with Crippen molar-refractivity contribution >= 4 is 33.4 Å². The largest absolute Gasteiger partial charge is 0.411 e. The third kappa shape index (κ3) is 6.51. The number of nitrogen functional groups attached to an aromatic ring is 1. The molecule has 0 unspecified atom stereocenters. The van der Waals surface area contributed by atoms with Gasteiger partial charge in [-0.05, 0) is 24.6 Å². The van der Waals surface area contributed by atoms with Crippen LogP contribution >= 0.6 is 27.7 Å². The summed E-state index contributed by atoms with van der Waals surface area (Å²) in [4.78, 5) is 0.925. The Balaban J connectivity index is 2.18. The molecule has 2 nitrogen and oxygen atoms in total. The summed E-state index contributed by atoms with van der Waals surface area (Å²) in [5.41, 5.74) is 6.45. The zero-order valence-corrected chi connectivity index (χ0v) is 11.9. The molecular formula is C11H13BrF3NOS. The molecule has 0 aliphatic carbocycles. The topological polar surface area (TPSA) is 35.2 Å². The van der Waals surface area contributed by atoms with E-state index in [1.54, 1.807) is 6.07 Å². The highest BCUT2D eigenvalue weighted by Gasteiger charge is 2.27. The quantitative estimate of drug-likeness (QED) is 0.480. The van der Waals surface area contributed by atoms with E-state index in [1.165, 1.54) is 11.8 Å². The van der Waals surface area contributed by atoms with E-state index in [0.29, 0.717) is 17.9 Å². The summed E-state index contributed by atoms with van der Waals surface area (Å²) >= 11 is 4.81. The average Bonchev–Trinajstić information content (AvgIpc) is 2.24. The van der Waals surface area contributed by atoms with Gasteiger partial charge in [-0.15, -0.1) is 11.8 Å². The summed E-state index contributed by atoms with van der Waals surface area (Å²) in [7, 11) is 0. The first-order valence-corrected chi connectivity index (χ1v) is 6.98. The highest BCUT2D eigenvalue weighted by molar-refractivity contribution is 9.10. The van der Waals surface area contributed by atoms with Gasteiger partial charge in [0.1, 0.15) is 6.61 Å². The predicted molar refractivity (Wildman–Crippen MR) is 70.8 cm³/mol. The van der Waals surface area contributed by atoms with Crippen molar-refractivity contribution in [1.29, 1.82) is 0 Å². The Morgan fingerprint density at radius 3 is 2.67 bits per heavy atom. The lowest BCUT2D eigenvalue weighted by molar-refractivity contribution is -0.173. The molecule has 0 aliphatic rings. The lowest BCUT2D eigenvalue weighted by Gasteiger charge is -2.08. The Morgan fingerprint density at radius 1 is 1.33 bits per heavy atom. The molecule has 0 heterocycles. The van der Waals surface area contributed by atoms with E-state index in [-0.39, 0.29) is 6.61 Å². The van der Waals surface area contributed by atoms with Crippen molar-refractivity contribution in [2.45, 2.75) is 17.5 Å². The zero-order valence-electron chi connectivity index (χ0n) is 9.47. The van der Waals surface area contributed by atoms with Gasteiger partial charge >= 0.3 is 6.18 Å². The average molecular weight is 344 g/mol. The van der Waals surface area contributed by atoms with E-state index in [0.717, 1.165) is 9.37 Å². The van der Waals surface area contributed by atoms with Crippen LogP contribution in [0.4, 0.5) is 18.9 Å². The maximum Gasteiger partial charge on any atom is 0.411 e.